The molecule has 0 amide bonds. The summed E-state index contributed by atoms with van der Waals surface area (Å²) in [6, 6.07) is 0. The molecular weight excluding hydrogens is 997 g/mol. The third kappa shape index (κ3) is 38.6. The molecule has 8 heteroatoms. The van der Waals surface area contributed by atoms with Gasteiger partial charge < -0.3 is 120 Å². The van der Waals surface area contributed by atoms with Crippen LogP contribution in [0.15, 0.2) is 0 Å². The SMILES string of the molecule is [Au+3].[I-].[I-].[I-].[I-].[I-].[IH2+].[K+]. The molecule has 0 nitrogen and oxygen atoms in total. The standard InChI is InChI=1S/Au.H2I.5HI.K/h;1H2;5*1H;/q+3;+1;;;;;;+1/p-5. The Kier molecular flexibility index (Phi) is 375. The van der Waals surface area contributed by atoms with E-state index in [-0.39, 0.29) is 218 Å². The van der Waals surface area contributed by atoms with Gasteiger partial charge in [0.2, 0.25) is 24.0 Å². The first-order valence-electron chi connectivity index (χ1n) is 0. The van der Waals surface area contributed by atoms with Crippen molar-refractivity contribution in [2.24, 2.45) is 0 Å². The zero-order valence-corrected chi connectivity index (χ0v) is 22.3. The first kappa shape index (κ1) is 61.2. The van der Waals surface area contributed by atoms with Gasteiger partial charge in [0.1, 0.15) is 0 Å². The van der Waals surface area contributed by atoms with E-state index in [1.807, 2.05) is 0 Å². The Hall–Kier alpha value is 6.76. The predicted octanol–water partition coefficient (Wildman–Crippen LogP) is -21.5. The van der Waals surface area contributed by atoms with E-state index < -0.39 is 0 Å². The number of hydrogen-bond donors (Lipinski definition) is 0. The molecule has 0 fully saturated rings. The Morgan fingerprint density at radius 1 is 0.500 bits per heavy atom. The van der Waals surface area contributed by atoms with Crippen LogP contribution in [-0.4, -0.2) is 0 Å². The molecule has 0 unspecified atom stereocenters. The van der Waals surface area contributed by atoms with Crippen LogP contribution in [0.2, 0.25) is 0 Å². The van der Waals surface area contributed by atoms with Crippen molar-refractivity contribution in [3.8, 4) is 0 Å². The van der Waals surface area contributed by atoms with Crippen molar-refractivity contribution >= 4 is 0 Å². The van der Waals surface area contributed by atoms with Crippen LogP contribution >= 0.6 is 0 Å². The van der Waals surface area contributed by atoms with Crippen molar-refractivity contribution in [2.75, 3.05) is 0 Å². The zero-order valence-electron chi connectivity index (χ0n) is 3.64. The molecule has 0 bridgehead atoms. The second-order valence-electron chi connectivity index (χ2n) is 0. The van der Waals surface area contributed by atoms with Gasteiger partial charge in [-0.25, -0.2) is 0 Å². The van der Waals surface area contributed by atoms with Gasteiger partial charge in [0.15, 0.2) is 0 Å². The van der Waals surface area contributed by atoms with Crippen molar-refractivity contribution in [2.45, 2.75) is 0 Å². The minimum atomic E-state index is 0. The normalized spacial score (nSPS) is 0. The Bertz CT molecular complexity index is 8.49. The van der Waals surface area contributed by atoms with Crippen LogP contribution < -0.4 is 195 Å². The van der Waals surface area contributed by atoms with Crippen molar-refractivity contribution in [1.82, 2.24) is 0 Å². The predicted molar refractivity (Wildman–Crippen MR) is 2.79 cm³/mol. The quantitative estimate of drug-likeness (QED) is 0.168. The summed E-state index contributed by atoms with van der Waals surface area (Å²) in [4.78, 5) is 0. The Morgan fingerprint density at radius 2 is 0.500 bits per heavy atom. The molecule has 0 aromatic heterocycles. The Labute approximate surface area is 211 Å². The van der Waals surface area contributed by atoms with Gasteiger partial charge in [-0.15, -0.1) is 0 Å². The molecule has 0 aliphatic heterocycles. The summed E-state index contributed by atoms with van der Waals surface area (Å²) in [6.07, 6.45) is 0. The van der Waals surface area contributed by atoms with Crippen LogP contribution in [-0.2, 0) is 22.4 Å². The van der Waals surface area contributed by atoms with E-state index in [1.54, 1.807) is 0 Å². The minimum absolute atomic E-state index is 0. The fraction of sp³-hybridized carbons (Fsp3) is 0. The summed E-state index contributed by atoms with van der Waals surface area (Å²) in [5.74, 6) is 0. The minimum Gasteiger partial charge on any atom is -1.00 e. The summed E-state index contributed by atoms with van der Waals surface area (Å²) >= 11 is 0. The summed E-state index contributed by atoms with van der Waals surface area (Å²) < 4.78 is 0. The zero-order chi connectivity index (χ0) is 0. The maximum Gasteiger partial charge on any atom is 3.00 e. The topological polar surface area (TPSA) is 0 Å². The summed E-state index contributed by atoms with van der Waals surface area (Å²) in [7, 11) is 0. The molecule has 0 saturated carbocycles. The van der Waals surface area contributed by atoms with E-state index in [0.29, 0.717) is 0 Å². The van der Waals surface area contributed by atoms with Gasteiger partial charge in [-0.05, 0) is 0 Å². The molecule has 8 heavy (non-hydrogen) atoms. The average molecular weight is 1000 g/mol. The van der Waals surface area contributed by atoms with Crippen LogP contribution in [0.1, 0.15) is 0 Å². The third-order valence-corrected chi connectivity index (χ3v) is 0. The molecule has 0 aromatic rings. The third-order valence-electron chi connectivity index (χ3n) is 0. The van der Waals surface area contributed by atoms with Gasteiger partial charge in [0, 0.05) is 0 Å². The number of halogens is 6. The van der Waals surface area contributed by atoms with Crippen LogP contribution in [0.4, 0.5) is 0 Å². The number of rotatable bonds is 0. The summed E-state index contributed by atoms with van der Waals surface area (Å²) in [5.41, 5.74) is 0. The first-order valence-corrected chi connectivity index (χ1v) is 0. The molecule has 0 heterocycles. The molecule has 0 aliphatic carbocycles. The van der Waals surface area contributed by atoms with Gasteiger partial charge in [-0.2, -0.15) is 0 Å². The molecule has 0 aliphatic rings. The second-order valence-corrected chi connectivity index (χ2v) is 0. The van der Waals surface area contributed by atoms with Crippen molar-refractivity contribution in [3.63, 3.8) is 0 Å². The largest absolute Gasteiger partial charge is 3.00 e. The summed E-state index contributed by atoms with van der Waals surface area (Å²) in [5, 5.41) is 0. The van der Waals surface area contributed by atoms with E-state index in [0.717, 1.165) is 0 Å². The van der Waals surface area contributed by atoms with E-state index in [9.17, 15) is 0 Å². The Morgan fingerprint density at radius 3 is 0.500 bits per heavy atom. The maximum absolute atomic E-state index is 0. The molecule has 0 spiro atoms. The van der Waals surface area contributed by atoms with E-state index >= 15 is 0 Å². The van der Waals surface area contributed by atoms with Crippen molar-refractivity contribution in [3.05, 3.63) is 0 Å². The van der Waals surface area contributed by atoms with Gasteiger partial charge in [-0.1, -0.05) is 0 Å². The number of hydrogen-bond acceptors (Lipinski definition) is 0. The van der Waals surface area contributed by atoms with Crippen LogP contribution in [0.5, 0.6) is 0 Å². The molecule has 0 saturated heterocycles. The van der Waals surface area contributed by atoms with E-state index in [4.69, 9.17) is 0 Å². The van der Waals surface area contributed by atoms with Crippen LogP contribution in [0.25, 0.3) is 0 Å². The average Bonchev–Trinajstić information content (AvgIpc) is 0. The smallest absolute Gasteiger partial charge is 1.00 e. The van der Waals surface area contributed by atoms with E-state index in [1.165, 1.54) is 0 Å². The maximum atomic E-state index is 0. The molecular formula is H2AuI6K. The van der Waals surface area contributed by atoms with Crippen LogP contribution in [0.3, 0.4) is 0 Å². The molecule has 56 valence electrons. The molecule has 0 atom stereocenters. The monoisotopic (exact) mass is 999 g/mol. The second kappa shape index (κ2) is 49.0. The first-order chi connectivity index (χ1) is 0. The van der Waals surface area contributed by atoms with Crippen LogP contribution in [0, 0.1) is 0 Å². The summed E-state index contributed by atoms with van der Waals surface area (Å²) in [6.45, 7) is 0. The van der Waals surface area contributed by atoms with Gasteiger partial charge in [-0.3, -0.25) is 0 Å². The Balaban J connectivity index is 0. The van der Waals surface area contributed by atoms with Gasteiger partial charge in [0.05, 0.1) is 0 Å². The van der Waals surface area contributed by atoms with Crippen molar-refractivity contribution in [1.29, 1.82) is 0 Å². The van der Waals surface area contributed by atoms with Crippen molar-refractivity contribution < 1.29 is 218 Å². The molecule has 0 aromatic carbocycles. The molecule has 0 rings (SSSR count). The van der Waals surface area contributed by atoms with Gasteiger partial charge in [0.25, 0.3) is 0 Å². The molecule has 0 N–H and O–H groups in total. The fourth-order valence-corrected chi connectivity index (χ4v) is 0. The molecule has 0 radical (unpaired) electrons. The van der Waals surface area contributed by atoms with Gasteiger partial charge >= 0.3 is 73.8 Å². The fourth-order valence-electron chi connectivity index (χ4n) is 0. The van der Waals surface area contributed by atoms with E-state index in [2.05, 4.69) is 0 Å².